The highest BCUT2D eigenvalue weighted by atomic mass is 16.5. The van der Waals surface area contributed by atoms with E-state index in [0.717, 1.165) is 35.1 Å². The molecular formula is C17H24N2O3. The molecule has 1 atom stereocenters. The van der Waals surface area contributed by atoms with Crippen molar-refractivity contribution in [3.63, 3.8) is 0 Å². The lowest BCUT2D eigenvalue weighted by molar-refractivity contribution is 0.0916. The number of methoxy groups -OCH3 is 1. The van der Waals surface area contributed by atoms with E-state index < -0.39 is 0 Å². The molecule has 0 saturated carbocycles. The molecule has 1 amide bonds. The number of H-pyrrole nitrogens is 1. The van der Waals surface area contributed by atoms with Crippen molar-refractivity contribution in [1.82, 2.24) is 10.3 Å². The molecule has 3 N–H and O–H groups in total. The Balaban J connectivity index is 0.000000847. The van der Waals surface area contributed by atoms with Crippen molar-refractivity contribution in [2.24, 2.45) is 0 Å². The monoisotopic (exact) mass is 304 g/mol. The Morgan fingerprint density at radius 2 is 2.14 bits per heavy atom. The summed E-state index contributed by atoms with van der Waals surface area (Å²) in [7, 11) is 1.64. The van der Waals surface area contributed by atoms with E-state index in [2.05, 4.69) is 10.3 Å². The summed E-state index contributed by atoms with van der Waals surface area (Å²) in [6.45, 7) is 4.15. The molecule has 0 radical (unpaired) electrons. The molecule has 3 rings (SSSR count). The normalized spacial score (nSPS) is 16.5. The Morgan fingerprint density at radius 1 is 1.36 bits per heavy atom. The maximum absolute atomic E-state index is 12.1. The fourth-order valence-electron chi connectivity index (χ4n) is 2.83. The summed E-state index contributed by atoms with van der Waals surface area (Å²) in [5, 5.41) is 13.0. The van der Waals surface area contributed by atoms with E-state index in [9.17, 15) is 4.79 Å². The lowest BCUT2D eigenvalue weighted by Crippen LogP contribution is -2.41. The molecule has 5 heteroatoms. The largest absolute Gasteiger partial charge is 0.497 e. The van der Waals surface area contributed by atoms with Crippen LogP contribution in [0.4, 0.5) is 0 Å². The van der Waals surface area contributed by atoms with Gasteiger partial charge < -0.3 is 20.1 Å². The molecule has 1 unspecified atom stereocenters. The van der Waals surface area contributed by atoms with Gasteiger partial charge >= 0.3 is 0 Å². The van der Waals surface area contributed by atoms with Crippen molar-refractivity contribution in [1.29, 1.82) is 0 Å². The van der Waals surface area contributed by atoms with E-state index in [-0.39, 0.29) is 18.6 Å². The van der Waals surface area contributed by atoms with Crippen LogP contribution < -0.4 is 10.1 Å². The molecule has 0 saturated heterocycles. The molecule has 22 heavy (non-hydrogen) atoms. The predicted octanol–water partition coefficient (Wildman–Crippen LogP) is 2.63. The third kappa shape index (κ3) is 3.09. The van der Waals surface area contributed by atoms with E-state index in [1.807, 2.05) is 32.0 Å². The van der Waals surface area contributed by atoms with E-state index in [1.54, 1.807) is 7.11 Å². The number of aliphatic hydroxyl groups is 1. The number of carbonyl (C=O) groups excluding carboxylic acids is 1. The number of nitrogens with one attached hydrogen (secondary N) is 2. The van der Waals surface area contributed by atoms with Crippen LogP contribution in [0.5, 0.6) is 5.75 Å². The number of hydrogen-bond donors (Lipinski definition) is 3. The van der Waals surface area contributed by atoms with Gasteiger partial charge in [-0.15, -0.1) is 0 Å². The first-order valence-corrected chi connectivity index (χ1v) is 7.83. The number of aliphatic hydroxyl groups excluding tert-OH is 1. The summed E-state index contributed by atoms with van der Waals surface area (Å²) in [6.07, 6.45) is 2.28. The molecule has 1 aromatic heterocycles. The van der Waals surface area contributed by atoms with Gasteiger partial charge in [-0.2, -0.15) is 0 Å². The fraction of sp³-hybridized carbons (Fsp3) is 0.471. The number of hydrogen-bond acceptors (Lipinski definition) is 3. The molecular weight excluding hydrogens is 280 g/mol. The molecule has 120 valence electrons. The number of fused-ring (bicyclic) bond motifs is 3. The van der Waals surface area contributed by atoms with E-state index in [0.29, 0.717) is 12.1 Å². The summed E-state index contributed by atoms with van der Waals surface area (Å²) in [5.41, 5.74) is 2.65. The summed E-state index contributed by atoms with van der Waals surface area (Å²) < 4.78 is 5.25. The molecule has 1 aliphatic rings. The molecule has 5 nitrogen and oxygen atoms in total. The van der Waals surface area contributed by atoms with E-state index >= 15 is 0 Å². The van der Waals surface area contributed by atoms with E-state index in [1.165, 1.54) is 0 Å². The van der Waals surface area contributed by atoms with Crippen LogP contribution in [0.1, 0.15) is 42.7 Å². The third-order valence-corrected chi connectivity index (χ3v) is 3.84. The van der Waals surface area contributed by atoms with Crippen LogP contribution >= 0.6 is 0 Å². The van der Waals surface area contributed by atoms with Crippen molar-refractivity contribution in [3.8, 4) is 5.75 Å². The summed E-state index contributed by atoms with van der Waals surface area (Å²) in [6, 6.07) is 5.87. The van der Waals surface area contributed by atoms with Crippen LogP contribution in [0.2, 0.25) is 0 Å². The van der Waals surface area contributed by atoms with Crippen molar-refractivity contribution >= 4 is 16.8 Å². The Labute approximate surface area is 130 Å². The van der Waals surface area contributed by atoms with Crippen LogP contribution in [0.15, 0.2) is 18.2 Å². The minimum atomic E-state index is -0.0654. The van der Waals surface area contributed by atoms with Gasteiger partial charge in [-0.25, -0.2) is 0 Å². The maximum Gasteiger partial charge on any atom is 0.268 e. The first-order valence-electron chi connectivity index (χ1n) is 7.83. The number of rotatable bonds is 4. The van der Waals surface area contributed by atoms with Crippen LogP contribution in [-0.4, -0.2) is 35.8 Å². The van der Waals surface area contributed by atoms with Crippen molar-refractivity contribution < 1.29 is 14.6 Å². The second kappa shape index (κ2) is 7.31. The number of aromatic nitrogens is 1. The van der Waals surface area contributed by atoms with Gasteiger partial charge in [0, 0.05) is 23.6 Å². The van der Waals surface area contributed by atoms with Gasteiger partial charge in [0.2, 0.25) is 0 Å². The first-order chi connectivity index (χ1) is 10.7. The average molecular weight is 304 g/mol. The number of carbonyl (C=O) groups is 1. The highest BCUT2D eigenvalue weighted by Gasteiger charge is 2.27. The highest BCUT2D eigenvalue weighted by Crippen LogP contribution is 2.30. The lowest BCUT2D eigenvalue weighted by atomic mass is 9.95. The maximum atomic E-state index is 12.1. The molecule has 2 aromatic rings. The van der Waals surface area contributed by atoms with E-state index in [4.69, 9.17) is 9.84 Å². The molecule has 0 fully saturated rings. The standard InChI is InChI=1S/C15H18N2O3.C2H6/c1-20-10-4-5-13-11(8-10)12-7-9(3-2-6-18)16-15(19)14(12)17-13;1-2/h4-5,8-9,17-18H,2-3,6-7H2,1H3,(H,16,19);1-2H3. The Hall–Kier alpha value is -2.01. The SMILES string of the molecule is CC.COc1ccc2[nH]c3c(c2c1)CC(CCCO)NC3=O. The first kappa shape index (κ1) is 16.4. The van der Waals surface area contributed by atoms with Crippen molar-refractivity contribution in [3.05, 3.63) is 29.5 Å². The second-order valence-electron chi connectivity index (χ2n) is 5.13. The topological polar surface area (TPSA) is 74.3 Å². The molecule has 0 bridgehead atoms. The highest BCUT2D eigenvalue weighted by molar-refractivity contribution is 6.02. The molecule has 2 heterocycles. The van der Waals surface area contributed by atoms with Gasteiger partial charge in [-0.1, -0.05) is 13.8 Å². The summed E-state index contributed by atoms with van der Waals surface area (Å²) >= 11 is 0. The quantitative estimate of drug-likeness (QED) is 0.813. The minimum absolute atomic E-state index is 0.0654. The van der Waals surface area contributed by atoms with Crippen LogP contribution in [-0.2, 0) is 6.42 Å². The Bertz CT molecular complexity index is 649. The zero-order valence-electron chi connectivity index (χ0n) is 13.4. The zero-order valence-corrected chi connectivity index (χ0v) is 13.4. The minimum Gasteiger partial charge on any atom is -0.497 e. The van der Waals surface area contributed by atoms with Crippen molar-refractivity contribution in [2.75, 3.05) is 13.7 Å². The number of benzene rings is 1. The van der Waals surface area contributed by atoms with Gasteiger partial charge in [0.05, 0.1) is 7.11 Å². The van der Waals surface area contributed by atoms with Gasteiger partial charge in [0.25, 0.3) is 5.91 Å². The summed E-state index contributed by atoms with van der Waals surface area (Å²) in [5.74, 6) is 0.724. The number of amides is 1. The second-order valence-corrected chi connectivity index (χ2v) is 5.13. The average Bonchev–Trinajstić information content (AvgIpc) is 2.93. The van der Waals surface area contributed by atoms with Crippen molar-refractivity contribution in [2.45, 2.75) is 39.2 Å². The third-order valence-electron chi connectivity index (χ3n) is 3.84. The molecule has 1 aliphatic heterocycles. The van der Waals surface area contributed by atoms with Crippen LogP contribution in [0.3, 0.4) is 0 Å². The molecule has 1 aromatic carbocycles. The Kier molecular flexibility index (Phi) is 5.44. The number of ether oxygens (including phenoxy) is 1. The lowest BCUT2D eigenvalue weighted by Gasteiger charge is -2.23. The fourth-order valence-corrected chi connectivity index (χ4v) is 2.83. The smallest absolute Gasteiger partial charge is 0.268 e. The van der Waals surface area contributed by atoms with Gasteiger partial charge in [0.1, 0.15) is 11.4 Å². The molecule has 0 aliphatic carbocycles. The summed E-state index contributed by atoms with van der Waals surface area (Å²) in [4.78, 5) is 15.3. The van der Waals surface area contributed by atoms with Gasteiger partial charge in [-0.3, -0.25) is 4.79 Å². The zero-order chi connectivity index (χ0) is 16.1. The predicted molar refractivity (Wildman–Crippen MR) is 87.5 cm³/mol. The van der Waals surface area contributed by atoms with Crippen LogP contribution in [0.25, 0.3) is 10.9 Å². The van der Waals surface area contributed by atoms with Crippen LogP contribution in [0, 0.1) is 0 Å². The number of aromatic amines is 1. The van der Waals surface area contributed by atoms with Gasteiger partial charge in [-0.05, 0) is 43.0 Å². The Morgan fingerprint density at radius 3 is 2.82 bits per heavy atom. The molecule has 0 spiro atoms. The van der Waals surface area contributed by atoms with Gasteiger partial charge in [0.15, 0.2) is 0 Å².